The van der Waals surface area contributed by atoms with E-state index in [2.05, 4.69) is 31.7 Å². The highest BCUT2D eigenvalue weighted by Gasteiger charge is 2.28. The first-order chi connectivity index (χ1) is 13.2. The molecule has 7 nitrogen and oxygen atoms in total. The highest BCUT2D eigenvalue weighted by Crippen LogP contribution is 2.28. The first-order valence-corrected chi connectivity index (χ1v) is 9.30. The van der Waals surface area contributed by atoms with Gasteiger partial charge in [-0.2, -0.15) is 0 Å². The molecule has 1 aromatic heterocycles. The van der Waals surface area contributed by atoms with E-state index < -0.39 is 0 Å². The van der Waals surface area contributed by atoms with Crippen LogP contribution in [0.1, 0.15) is 24.9 Å². The number of nitrogens with one attached hydrogen (secondary N) is 1. The Kier molecular flexibility index (Phi) is 6.21. The van der Waals surface area contributed by atoms with Gasteiger partial charge < -0.3 is 24.3 Å². The largest absolute Gasteiger partial charge is 0.497 e. The molecule has 2 heterocycles. The van der Waals surface area contributed by atoms with Crippen molar-refractivity contribution in [3.8, 4) is 11.5 Å². The second-order valence-electron chi connectivity index (χ2n) is 6.87. The predicted octanol–water partition coefficient (Wildman–Crippen LogP) is 2.56. The number of ether oxygens (including phenoxy) is 2. The van der Waals surface area contributed by atoms with Crippen LogP contribution in [-0.2, 0) is 6.54 Å². The summed E-state index contributed by atoms with van der Waals surface area (Å²) in [4.78, 5) is 11.0. The van der Waals surface area contributed by atoms with Gasteiger partial charge in [-0.15, -0.1) is 0 Å². The number of likely N-dealkylation sites (tertiary alicyclic amines) is 1. The summed E-state index contributed by atoms with van der Waals surface area (Å²) in [6.45, 7) is 4.85. The predicted molar refractivity (Wildman–Crippen MR) is 106 cm³/mol. The van der Waals surface area contributed by atoms with Gasteiger partial charge in [0, 0.05) is 50.7 Å². The summed E-state index contributed by atoms with van der Waals surface area (Å²) in [6.07, 6.45) is 6.91. The van der Waals surface area contributed by atoms with Crippen LogP contribution in [0.15, 0.2) is 41.9 Å². The molecule has 2 unspecified atom stereocenters. The van der Waals surface area contributed by atoms with Crippen LogP contribution in [0.4, 0.5) is 0 Å². The zero-order valence-electron chi connectivity index (χ0n) is 16.6. The quantitative estimate of drug-likeness (QED) is 0.646. The molecule has 1 saturated heterocycles. The number of aromatic nitrogens is 2. The number of guanidine groups is 1. The average Bonchev–Trinajstić information content (AvgIpc) is 3.24. The summed E-state index contributed by atoms with van der Waals surface area (Å²) in [5, 5.41) is 3.48. The Hall–Kier alpha value is -2.70. The minimum absolute atomic E-state index is 0.398. The molecule has 2 aromatic rings. The van der Waals surface area contributed by atoms with Gasteiger partial charge in [0.2, 0.25) is 0 Å². The lowest BCUT2D eigenvalue weighted by Crippen LogP contribution is -2.48. The van der Waals surface area contributed by atoms with Crippen LogP contribution in [-0.4, -0.2) is 54.8 Å². The summed E-state index contributed by atoms with van der Waals surface area (Å²) in [5.41, 5.74) is 1.07. The molecule has 0 saturated carbocycles. The maximum Gasteiger partial charge on any atom is 0.193 e. The van der Waals surface area contributed by atoms with Crippen molar-refractivity contribution in [1.82, 2.24) is 19.8 Å². The Bertz CT molecular complexity index is 760. The highest BCUT2D eigenvalue weighted by molar-refractivity contribution is 5.80. The molecule has 2 atom stereocenters. The molecule has 0 bridgehead atoms. The third kappa shape index (κ3) is 4.35. The smallest absolute Gasteiger partial charge is 0.193 e. The maximum absolute atomic E-state index is 5.50. The van der Waals surface area contributed by atoms with E-state index in [9.17, 15) is 0 Å². The molecule has 1 N–H and O–H groups in total. The molecule has 1 fully saturated rings. The monoisotopic (exact) mass is 371 g/mol. The molecule has 3 rings (SSSR count). The summed E-state index contributed by atoms with van der Waals surface area (Å²) in [7, 11) is 5.16. The first-order valence-electron chi connectivity index (χ1n) is 9.30. The van der Waals surface area contributed by atoms with Crippen LogP contribution in [0.2, 0.25) is 0 Å². The van der Waals surface area contributed by atoms with Gasteiger partial charge in [-0.1, -0.05) is 6.92 Å². The second kappa shape index (κ2) is 8.79. The number of benzene rings is 1. The van der Waals surface area contributed by atoms with E-state index in [4.69, 9.17) is 9.47 Å². The van der Waals surface area contributed by atoms with Gasteiger partial charge >= 0.3 is 0 Å². The average molecular weight is 371 g/mol. The Morgan fingerprint density at radius 1 is 1.33 bits per heavy atom. The maximum atomic E-state index is 5.50. The van der Waals surface area contributed by atoms with Crippen molar-refractivity contribution in [2.24, 2.45) is 10.9 Å². The van der Waals surface area contributed by atoms with Gasteiger partial charge in [-0.3, -0.25) is 4.99 Å². The fourth-order valence-electron chi connectivity index (χ4n) is 3.60. The van der Waals surface area contributed by atoms with Crippen molar-refractivity contribution in [2.45, 2.75) is 25.9 Å². The van der Waals surface area contributed by atoms with Crippen LogP contribution in [0.5, 0.6) is 11.5 Å². The van der Waals surface area contributed by atoms with Gasteiger partial charge in [-0.25, -0.2) is 4.98 Å². The SMILES string of the molecule is CN=C(NCc1ccc(OC)cc1OC)N1CCC(C)C(n2ccnc2)C1. The Morgan fingerprint density at radius 2 is 2.19 bits per heavy atom. The number of hydrogen-bond acceptors (Lipinski definition) is 4. The Labute approximate surface area is 161 Å². The van der Waals surface area contributed by atoms with E-state index in [0.717, 1.165) is 42.5 Å². The van der Waals surface area contributed by atoms with Crippen molar-refractivity contribution in [1.29, 1.82) is 0 Å². The number of nitrogens with zero attached hydrogens (tertiary/aromatic N) is 4. The van der Waals surface area contributed by atoms with E-state index in [-0.39, 0.29) is 0 Å². The Balaban J connectivity index is 1.67. The zero-order chi connectivity index (χ0) is 19.2. The van der Waals surface area contributed by atoms with Crippen LogP contribution < -0.4 is 14.8 Å². The van der Waals surface area contributed by atoms with E-state index in [1.165, 1.54) is 0 Å². The molecule has 27 heavy (non-hydrogen) atoms. The lowest BCUT2D eigenvalue weighted by Gasteiger charge is -2.39. The highest BCUT2D eigenvalue weighted by atomic mass is 16.5. The number of imidazole rings is 1. The molecule has 0 amide bonds. The number of piperidine rings is 1. The molecule has 0 radical (unpaired) electrons. The molecule has 146 valence electrons. The van der Waals surface area contributed by atoms with E-state index in [1.54, 1.807) is 14.2 Å². The molecule has 1 aliphatic heterocycles. The normalized spacial score (nSPS) is 20.4. The summed E-state index contributed by atoms with van der Waals surface area (Å²) in [6, 6.07) is 6.26. The van der Waals surface area contributed by atoms with Gasteiger partial charge in [-0.05, 0) is 24.5 Å². The molecule has 1 aliphatic rings. The minimum atomic E-state index is 0.398. The van der Waals surface area contributed by atoms with Gasteiger partial charge in [0.1, 0.15) is 11.5 Å². The van der Waals surface area contributed by atoms with Crippen molar-refractivity contribution in [3.05, 3.63) is 42.5 Å². The number of methoxy groups -OCH3 is 2. The topological polar surface area (TPSA) is 63.9 Å². The molecule has 7 heteroatoms. The third-order valence-electron chi connectivity index (χ3n) is 5.27. The molecule has 1 aromatic carbocycles. The molecular formula is C20H29N5O2. The van der Waals surface area contributed by atoms with Gasteiger partial charge in [0.05, 0.1) is 26.6 Å². The standard InChI is InChI=1S/C20H29N5O2/c1-15-7-9-24(13-18(15)25-10-8-22-14-25)20(21-2)23-12-16-5-6-17(26-3)11-19(16)27-4/h5-6,8,10-11,14-15,18H,7,9,12-13H2,1-4H3,(H,21,23). The summed E-state index contributed by atoms with van der Waals surface area (Å²) >= 11 is 0. The van der Waals surface area contributed by atoms with Crippen molar-refractivity contribution >= 4 is 5.96 Å². The third-order valence-corrected chi connectivity index (χ3v) is 5.27. The fourth-order valence-corrected chi connectivity index (χ4v) is 3.60. The number of rotatable bonds is 5. The van der Waals surface area contributed by atoms with E-state index in [0.29, 0.717) is 18.5 Å². The fraction of sp³-hybridized carbons (Fsp3) is 0.500. The van der Waals surface area contributed by atoms with E-state index >= 15 is 0 Å². The van der Waals surface area contributed by atoms with Crippen molar-refractivity contribution < 1.29 is 9.47 Å². The van der Waals surface area contributed by atoms with Crippen molar-refractivity contribution in [3.63, 3.8) is 0 Å². The summed E-state index contributed by atoms with van der Waals surface area (Å²) < 4.78 is 13.0. The Morgan fingerprint density at radius 3 is 2.85 bits per heavy atom. The summed E-state index contributed by atoms with van der Waals surface area (Å²) in [5.74, 6) is 3.11. The van der Waals surface area contributed by atoms with Gasteiger partial charge in [0.15, 0.2) is 5.96 Å². The van der Waals surface area contributed by atoms with E-state index in [1.807, 2.05) is 44.0 Å². The molecule has 0 aliphatic carbocycles. The van der Waals surface area contributed by atoms with Crippen LogP contribution >= 0.6 is 0 Å². The van der Waals surface area contributed by atoms with Crippen LogP contribution in [0.25, 0.3) is 0 Å². The van der Waals surface area contributed by atoms with Gasteiger partial charge in [0.25, 0.3) is 0 Å². The zero-order valence-corrected chi connectivity index (χ0v) is 16.6. The minimum Gasteiger partial charge on any atom is -0.497 e. The van der Waals surface area contributed by atoms with Crippen molar-refractivity contribution in [2.75, 3.05) is 34.4 Å². The molecular weight excluding hydrogens is 342 g/mol. The number of aliphatic imine (C=N–C) groups is 1. The second-order valence-corrected chi connectivity index (χ2v) is 6.87. The number of hydrogen-bond donors (Lipinski definition) is 1. The first kappa shape index (κ1) is 19.1. The van der Waals surface area contributed by atoms with Crippen LogP contribution in [0, 0.1) is 5.92 Å². The molecule has 0 spiro atoms. The lowest BCUT2D eigenvalue weighted by atomic mass is 9.93. The van der Waals surface area contributed by atoms with Crippen LogP contribution in [0.3, 0.4) is 0 Å². The lowest BCUT2D eigenvalue weighted by molar-refractivity contribution is 0.189.